The van der Waals surface area contributed by atoms with Crippen LogP contribution in [0.15, 0.2) is 22.2 Å². The predicted octanol–water partition coefficient (Wildman–Crippen LogP) is 1.58. The SMILES string of the molecule is Nc1cc(F)c(Sc2nnnn2C2CC2)cc1C(=O)O. The van der Waals surface area contributed by atoms with Crippen molar-refractivity contribution < 1.29 is 14.3 Å². The number of nitrogens with zero attached hydrogens (tertiary/aromatic N) is 4. The minimum Gasteiger partial charge on any atom is -0.478 e. The first-order valence-electron chi connectivity index (χ1n) is 5.84. The first kappa shape index (κ1) is 12.9. The van der Waals surface area contributed by atoms with Crippen LogP contribution in [0.1, 0.15) is 29.2 Å². The van der Waals surface area contributed by atoms with Crippen LogP contribution in [0.25, 0.3) is 0 Å². The summed E-state index contributed by atoms with van der Waals surface area (Å²) in [5, 5.41) is 20.7. The average molecular weight is 295 g/mol. The lowest BCUT2D eigenvalue weighted by Crippen LogP contribution is -2.04. The molecule has 0 unspecified atom stereocenters. The second-order valence-corrected chi connectivity index (χ2v) is 5.42. The first-order valence-corrected chi connectivity index (χ1v) is 6.66. The van der Waals surface area contributed by atoms with Crippen LogP contribution in [0.5, 0.6) is 0 Å². The third-order valence-corrected chi connectivity index (χ3v) is 3.88. The summed E-state index contributed by atoms with van der Waals surface area (Å²) >= 11 is 0.989. The van der Waals surface area contributed by atoms with E-state index in [2.05, 4.69) is 15.5 Å². The molecule has 20 heavy (non-hydrogen) atoms. The number of benzene rings is 1. The van der Waals surface area contributed by atoms with Crippen LogP contribution in [-0.2, 0) is 0 Å². The molecule has 0 radical (unpaired) electrons. The van der Waals surface area contributed by atoms with Crippen molar-refractivity contribution in [3.8, 4) is 0 Å². The van der Waals surface area contributed by atoms with Crippen molar-refractivity contribution in [2.45, 2.75) is 28.9 Å². The van der Waals surface area contributed by atoms with Gasteiger partial charge in [-0.15, -0.1) is 5.10 Å². The van der Waals surface area contributed by atoms with Gasteiger partial charge in [-0.05, 0) is 47.2 Å². The number of carbonyl (C=O) groups is 1. The van der Waals surface area contributed by atoms with E-state index in [9.17, 15) is 9.18 Å². The molecule has 1 fully saturated rings. The van der Waals surface area contributed by atoms with Crippen molar-refractivity contribution in [1.29, 1.82) is 0 Å². The maximum Gasteiger partial charge on any atom is 0.337 e. The number of aromatic carboxylic acids is 1. The van der Waals surface area contributed by atoms with E-state index >= 15 is 0 Å². The minimum absolute atomic E-state index is 0.110. The van der Waals surface area contributed by atoms with E-state index in [1.54, 1.807) is 4.68 Å². The molecule has 3 N–H and O–H groups in total. The van der Waals surface area contributed by atoms with Crippen molar-refractivity contribution in [1.82, 2.24) is 20.2 Å². The highest BCUT2D eigenvalue weighted by Crippen LogP contribution is 2.39. The maximum atomic E-state index is 13.9. The van der Waals surface area contributed by atoms with Gasteiger partial charge in [0.25, 0.3) is 0 Å². The first-order chi connectivity index (χ1) is 9.56. The lowest BCUT2D eigenvalue weighted by Gasteiger charge is -2.07. The third kappa shape index (κ3) is 2.31. The number of aromatic nitrogens is 4. The average Bonchev–Trinajstić information content (AvgIpc) is 3.12. The summed E-state index contributed by atoms with van der Waals surface area (Å²) in [6, 6.07) is 2.45. The van der Waals surface area contributed by atoms with Crippen molar-refractivity contribution in [2.75, 3.05) is 5.73 Å². The van der Waals surface area contributed by atoms with E-state index in [1.807, 2.05) is 0 Å². The zero-order chi connectivity index (χ0) is 14.3. The fourth-order valence-electron chi connectivity index (χ4n) is 1.73. The number of nitrogen functional groups attached to an aromatic ring is 1. The number of rotatable bonds is 4. The Morgan fingerprint density at radius 2 is 2.25 bits per heavy atom. The fourth-order valence-corrected chi connectivity index (χ4v) is 2.62. The Morgan fingerprint density at radius 1 is 1.50 bits per heavy atom. The Balaban J connectivity index is 1.95. The van der Waals surface area contributed by atoms with Crippen LogP contribution >= 0.6 is 11.8 Å². The van der Waals surface area contributed by atoms with Crippen LogP contribution in [-0.4, -0.2) is 31.3 Å². The van der Waals surface area contributed by atoms with Gasteiger partial charge in [-0.25, -0.2) is 13.9 Å². The molecule has 1 aromatic heterocycles. The second kappa shape index (κ2) is 4.75. The molecule has 1 aliphatic rings. The van der Waals surface area contributed by atoms with Crippen molar-refractivity contribution in [2.24, 2.45) is 0 Å². The second-order valence-electron chi connectivity index (χ2n) is 4.41. The molecular formula is C11H10FN5O2S. The van der Waals surface area contributed by atoms with Gasteiger partial charge < -0.3 is 10.8 Å². The van der Waals surface area contributed by atoms with Crippen LogP contribution < -0.4 is 5.73 Å². The molecule has 1 aromatic carbocycles. The molecule has 0 aliphatic heterocycles. The van der Waals surface area contributed by atoms with E-state index in [1.165, 1.54) is 6.07 Å². The largest absolute Gasteiger partial charge is 0.478 e. The normalized spacial score (nSPS) is 14.4. The van der Waals surface area contributed by atoms with Gasteiger partial charge in [-0.2, -0.15) is 0 Å². The van der Waals surface area contributed by atoms with Crippen LogP contribution in [0.2, 0.25) is 0 Å². The molecule has 7 nitrogen and oxygen atoms in total. The van der Waals surface area contributed by atoms with Crippen molar-refractivity contribution in [3.63, 3.8) is 0 Å². The summed E-state index contributed by atoms with van der Waals surface area (Å²) in [7, 11) is 0. The number of anilines is 1. The predicted molar refractivity (Wildman–Crippen MR) is 68.0 cm³/mol. The van der Waals surface area contributed by atoms with Gasteiger partial charge in [-0.3, -0.25) is 0 Å². The summed E-state index contributed by atoms with van der Waals surface area (Å²) in [5.74, 6) is -1.80. The Kier molecular flexibility index (Phi) is 3.05. The van der Waals surface area contributed by atoms with Crippen LogP contribution in [0, 0.1) is 5.82 Å². The van der Waals surface area contributed by atoms with Gasteiger partial charge in [0, 0.05) is 5.69 Å². The van der Waals surface area contributed by atoms with Crippen LogP contribution in [0.4, 0.5) is 10.1 Å². The molecule has 0 saturated heterocycles. The smallest absolute Gasteiger partial charge is 0.337 e. The molecule has 0 amide bonds. The number of hydrogen-bond acceptors (Lipinski definition) is 6. The number of tetrazole rings is 1. The van der Waals surface area contributed by atoms with Crippen LogP contribution in [0.3, 0.4) is 0 Å². The third-order valence-electron chi connectivity index (χ3n) is 2.89. The number of carboxylic acid groups (broad SMARTS) is 1. The highest BCUT2D eigenvalue weighted by atomic mass is 32.2. The summed E-state index contributed by atoms with van der Waals surface area (Å²) in [6.07, 6.45) is 1.98. The van der Waals surface area contributed by atoms with Gasteiger partial charge >= 0.3 is 5.97 Å². The molecule has 104 valence electrons. The summed E-state index contributed by atoms with van der Waals surface area (Å²) in [4.78, 5) is 11.1. The summed E-state index contributed by atoms with van der Waals surface area (Å²) < 4.78 is 15.5. The molecule has 9 heteroatoms. The molecule has 1 aliphatic carbocycles. The number of nitrogens with two attached hydrogens (primary N) is 1. The van der Waals surface area contributed by atoms with E-state index in [4.69, 9.17) is 10.8 Å². The topological polar surface area (TPSA) is 107 Å². The number of halogens is 1. The Labute approximate surface area is 117 Å². The standard InChI is InChI=1S/C11H10FN5O2S/c12-7-4-8(13)6(10(18)19)3-9(7)20-11-14-15-16-17(11)5-1-2-5/h3-5H,1-2,13H2,(H,18,19). The van der Waals surface area contributed by atoms with E-state index < -0.39 is 11.8 Å². The van der Waals surface area contributed by atoms with Gasteiger partial charge in [0.15, 0.2) is 0 Å². The monoisotopic (exact) mass is 295 g/mol. The van der Waals surface area contributed by atoms with E-state index in [0.29, 0.717) is 5.16 Å². The zero-order valence-corrected chi connectivity index (χ0v) is 11.0. The quantitative estimate of drug-likeness (QED) is 0.824. The van der Waals surface area contributed by atoms with Gasteiger partial charge in [-0.1, -0.05) is 0 Å². The molecular weight excluding hydrogens is 285 g/mol. The van der Waals surface area contributed by atoms with Gasteiger partial charge in [0.05, 0.1) is 16.5 Å². The molecule has 1 heterocycles. The molecule has 0 spiro atoms. The molecule has 3 rings (SSSR count). The lowest BCUT2D eigenvalue weighted by atomic mass is 10.2. The van der Waals surface area contributed by atoms with Crippen molar-refractivity contribution in [3.05, 3.63) is 23.5 Å². The molecule has 1 saturated carbocycles. The Bertz CT molecular complexity index is 685. The Hall–Kier alpha value is -2.16. The van der Waals surface area contributed by atoms with Crippen molar-refractivity contribution >= 4 is 23.4 Å². The molecule has 0 atom stereocenters. The molecule has 0 bridgehead atoms. The van der Waals surface area contributed by atoms with E-state index in [-0.39, 0.29) is 22.2 Å². The zero-order valence-electron chi connectivity index (χ0n) is 10.2. The number of hydrogen-bond donors (Lipinski definition) is 2. The Morgan fingerprint density at radius 3 is 2.90 bits per heavy atom. The van der Waals surface area contributed by atoms with E-state index in [0.717, 1.165) is 30.7 Å². The fraction of sp³-hybridized carbons (Fsp3) is 0.273. The molecule has 2 aromatic rings. The lowest BCUT2D eigenvalue weighted by molar-refractivity contribution is 0.0697. The maximum absolute atomic E-state index is 13.9. The summed E-state index contributed by atoms with van der Waals surface area (Å²) in [5.41, 5.74) is 5.23. The highest BCUT2D eigenvalue weighted by Gasteiger charge is 2.28. The van der Waals surface area contributed by atoms with Gasteiger partial charge in [0.1, 0.15) is 5.82 Å². The number of carboxylic acids is 1. The minimum atomic E-state index is -1.20. The summed E-state index contributed by atoms with van der Waals surface area (Å²) in [6.45, 7) is 0. The highest BCUT2D eigenvalue weighted by molar-refractivity contribution is 7.99. The van der Waals surface area contributed by atoms with Gasteiger partial charge in [0.2, 0.25) is 5.16 Å².